The minimum absolute atomic E-state index is 0.0373. The molecule has 0 N–H and O–H groups in total. The van der Waals surface area contributed by atoms with E-state index < -0.39 is 0 Å². The number of methoxy groups -OCH3 is 3. The Morgan fingerprint density at radius 1 is 1.00 bits per heavy atom. The maximum atomic E-state index is 13.3. The Bertz CT molecular complexity index is 1090. The average molecular weight is 436 g/mol. The van der Waals surface area contributed by atoms with Crippen molar-refractivity contribution >= 4 is 23.3 Å². The number of carbonyl (C=O) groups is 1. The van der Waals surface area contributed by atoms with Crippen LogP contribution in [0.25, 0.3) is 6.08 Å². The average Bonchev–Trinajstić information content (AvgIpc) is 3.35. The first-order chi connectivity index (χ1) is 15.2. The van der Waals surface area contributed by atoms with Gasteiger partial charge in [0.05, 0.1) is 27.4 Å². The van der Waals surface area contributed by atoms with Gasteiger partial charge in [-0.1, -0.05) is 24.3 Å². The Labute approximate surface area is 186 Å². The van der Waals surface area contributed by atoms with Crippen LogP contribution in [0.2, 0.25) is 0 Å². The molecular formula is C25H25NO4S. The van der Waals surface area contributed by atoms with Crippen LogP contribution in [0.3, 0.4) is 0 Å². The lowest BCUT2D eigenvalue weighted by atomic mass is 9.90. The fourth-order valence-electron chi connectivity index (χ4n) is 4.00. The molecule has 4 rings (SSSR count). The van der Waals surface area contributed by atoms with Crippen LogP contribution in [0.15, 0.2) is 60.0 Å². The minimum Gasteiger partial charge on any atom is -0.496 e. The van der Waals surface area contributed by atoms with E-state index in [0.29, 0.717) is 18.0 Å². The first-order valence-electron chi connectivity index (χ1n) is 10.1. The third-order valence-corrected chi connectivity index (χ3v) is 6.44. The molecule has 3 aromatic rings. The van der Waals surface area contributed by atoms with Gasteiger partial charge in [-0.2, -0.15) is 0 Å². The summed E-state index contributed by atoms with van der Waals surface area (Å²) in [5, 5.41) is 2.04. The second-order valence-corrected chi connectivity index (χ2v) is 8.16. The van der Waals surface area contributed by atoms with Gasteiger partial charge in [0.1, 0.15) is 5.75 Å². The molecule has 1 aromatic heterocycles. The van der Waals surface area contributed by atoms with E-state index in [4.69, 9.17) is 14.2 Å². The Balaban J connectivity index is 1.71. The summed E-state index contributed by atoms with van der Waals surface area (Å²) < 4.78 is 16.4. The second-order valence-electron chi connectivity index (χ2n) is 7.18. The van der Waals surface area contributed by atoms with Gasteiger partial charge in [0, 0.05) is 23.1 Å². The largest absolute Gasteiger partial charge is 0.496 e. The fraction of sp³-hybridized carbons (Fsp3) is 0.240. The van der Waals surface area contributed by atoms with Gasteiger partial charge in [-0.3, -0.25) is 4.79 Å². The van der Waals surface area contributed by atoms with E-state index in [9.17, 15) is 4.79 Å². The topological polar surface area (TPSA) is 48.0 Å². The number of amides is 1. The zero-order valence-corrected chi connectivity index (χ0v) is 18.6. The summed E-state index contributed by atoms with van der Waals surface area (Å²) in [6.07, 6.45) is 4.20. The smallest absolute Gasteiger partial charge is 0.247 e. The van der Waals surface area contributed by atoms with Gasteiger partial charge in [0.25, 0.3) is 0 Å². The highest BCUT2D eigenvalue weighted by atomic mass is 32.1. The lowest BCUT2D eigenvalue weighted by Gasteiger charge is -2.37. The molecular weight excluding hydrogens is 410 g/mol. The zero-order valence-electron chi connectivity index (χ0n) is 17.8. The molecule has 6 heteroatoms. The Hall–Kier alpha value is -3.25. The molecule has 0 saturated carbocycles. The van der Waals surface area contributed by atoms with Gasteiger partial charge in [0.2, 0.25) is 5.91 Å². The molecule has 5 nitrogen and oxygen atoms in total. The Morgan fingerprint density at radius 3 is 2.45 bits per heavy atom. The van der Waals surface area contributed by atoms with Crippen molar-refractivity contribution < 1.29 is 19.0 Å². The van der Waals surface area contributed by atoms with Crippen molar-refractivity contribution in [3.63, 3.8) is 0 Å². The molecule has 0 bridgehead atoms. The number of hydrogen-bond donors (Lipinski definition) is 0. The zero-order chi connectivity index (χ0) is 21.8. The number of benzene rings is 2. The van der Waals surface area contributed by atoms with Crippen molar-refractivity contribution in [2.24, 2.45) is 0 Å². The number of carbonyl (C=O) groups excluding carboxylic acids is 1. The van der Waals surface area contributed by atoms with Gasteiger partial charge in [0.15, 0.2) is 11.5 Å². The van der Waals surface area contributed by atoms with Gasteiger partial charge in [-0.15, -0.1) is 11.3 Å². The van der Waals surface area contributed by atoms with E-state index in [-0.39, 0.29) is 11.9 Å². The maximum Gasteiger partial charge on any atom is 0.247 e. The molecule has 0 spiro atoms. The standard InChI is InChI=1S/C25H25NO4S/c1-28-20-8-5-4-7-17(20)10-11-24(27)26-13-12-18-15-21(29-2)22(30-3)16-19(18)25(26)23-9-6-14-31-23/h4-11,14-16,25H,12-13H2,1-3H3/b11-10+. The number of ether oxygens (including phenoxy) is 3. The molecule has 31 heavy (non-hydrogen) atoms. The highest BCUT2D eigenvalue weighted by Gasteiger charge is 2.33. The van der Waals surface area contributed by atoms with E-state index in [0.717, 1.165) is 28.2 Å². The molecule has 1 unspecified atom stereocenters. The molecule has 160 valence electrons. The maximum absolute atomic E-state index is 13.3. The summed E-state index contributed by atoms with van der Waals surface area (Å²) >= 11 is 1.65. The first kappa shape index (κ1) is 21.0. The lowest BCUT2D eigenvalue weighted by Crippen LogP contribution is -2.39. The third-order valence-electron chi connectivity index (χ3n) is 5.51. The normalized spacial score (nSPS) is 15.6. The van der Waals surface area contributed by atoms with E-state index in [1.54, 1.807) is 38.7 Å². The number of hydrogen-bond acceptors (Lipinski definition) is 5. The molecule has 0 fully saturated rings. The molecule has 1 amide bonds. The molecule has 0 aliphatic carbocycles. The van der Waals surface area contributed by atoms with Gasteiger partial charge >= 0.3 is 0 Å². The number of fused-ring (bicyclic) bond motifs is 1. The monoisotopic (exact) mass is 435 g/mol. The van der Waals surface area contributed by atoms with Crippen LogP contribution in [0, 0.1) is 0 Å². The van der Waals surface area contributed by atoms with Gasteiger partial charge in [-0.05, 0) is 53.3 Å². The van der Waals surface area contributed by atoms with Crippen molar-refractivity contribution in [1.82, 2.24) is 4.90 Å². The summed E-state index contributed by atoms with van der Waals surface area (Å²) in [7, 11) is 4.90. The van der Waals surface area contributed by atoms with Crippen molar-refractivity contribution in [1.29, 1.82) is 0 Å². The van der Waals surface area contributed by atoms with E-state index in [1.165, 1.54) is 5.56 Å². The number of thiophene rings is 1. The van der Waals surface area contributed by atoms with Crippen LogP contribution in [-0.4, -0.2) is 38.7 Å². The SMILES string of the molecule is COc1ccccc1/C=C/C(=O)N1CCc2cc(OC)c(OC)cc2C1c1cccs1. The predicted molar refractivity (Wildman–Crippen MR) is 123 cm³/mol. The summed E-state index contributed by atoms with van der Waals surface area (Å²) in [5.41, 5.74) is 3.12. The molecule has 2 heterocycles. The molecule has 2 aromatic carbocycles. The van der Waals surface area contributed by atoms with Crippen LogP contribution in [0.4, 0.5) is 0 Å². The summed E-state index contributed by atoms with van der Waals surface area (Å²) in [5.74, 6) is 2.08. The lowest BCUT2D eigenvalue weighted by molar-refractivity contribution is -0.127. The molecule has 0 saturated heterocycles. The van der Waals surface area contributed by atoms with E-state index in [1.807, 2.05) is 58.8 Å². The highest BCUT2D eigenvalue weighted by molar-refractivity contribution is 7.10. The predicted octanol–water partition coefficient (Wildman–Crippen LogP) is 4.96. The highest BCUT2D eigenvalue weighted by Crippen LogP contribution is 2.42. The fourth-order valence-corrected chi connectivity index (χ4v) is 4.85. The molecule has 1 atom stereocenters. The van der Waals surface area contributed by atoms with Crippen LogP contribution in [0.1, 0.15) is 27.6 Å². The van der Waals surface area contributed by atoms with Crippen molar-refractivity contribution in [3.8, 4) is 17.2 Å². The van der Waals surface area contributed by atoms with Gasteiger partial charge < -0.3 is 19.1 Å². The summed E-state index contributed by atoms with van der Waals surface area (Å²) in [4.78, 5) is 16.4. The Morgan fingerprint density at radius 2 is 1.74 bits per heavy atom. The molecule has 0 radical (unpaired) electrons. The van der Waals surface area contributed by atoms with E-state index in [2.05, 4.69) is 6.07 Å². The summed E-state index contributed by atoms with van der Waals surface area (Å²) in [6, 6.07) is 15.6. The quantitative estimate of drug-likeness (QED) is 0.514. The van der Waals surface area contributed by atoms with Crippen molar-refractivity contribution in [2.45, 2.75) is 12.5 Å². The second kappa shape index (κ2) is 9.27. The molecule has 1 aliphatic rings. The first-order valence-corrected chi connectivity index (χ1v) is 10.9. The van der Waals surface area contributed by atoms with Crippen molar-refractivity contribution in [2.75, 3.05) is 27.9 Å². The number of para-hydroxylation sites is 1. The summed E-state index contributed by atoms with van der Waals surface area (Å²) in [6.45, 7) is 0.625. The van der Waals surface area contributed by atoms with Crippen molar-refractivity contribution in [3.05, 3.63) is 81.6 Å². The van der Waals surface area contributed by atoms with Crippen LogP contribution >= 0.6 is 11.3 Å². The number of nitrogens with zero attached hydrogens (tertiary/aromatic N) is 1. The molecule has 1 aliphatic heterocycles. The van der Waals surface area contributed by atoms with E-state index >= 15 is 0 Å². The van der Waals surface area contributed by atoms with Crippen LogP contribution < -0.4 is 14.2 Å². The number of rotatable bonds is 6. The Kier molecular flexibility index (Phi) is 6.28. The minimum atomic E-state index is -0.168. The van der Waals surface area contributed by atoms with Crippen LogP contribution in [0.5, 0.6) is 17.2 Å². The van der Waals surface area contributed by atoms with Gasteiger partial charge in [-0.25, -0.2) is 0 Å². The third kappa shape index (κ3) is 4.16. The van der Waals surface area contributed by atoms with Crippen LogP contribution in [-0.2, 0) is 11.2 Å².